The predicted octanol–water partition coefficient (Wildman–Crippen LogP) is 4.19. The van der Waals surface area contributed by atoms with Crippen LogP contribution in [0.25, 0.3) is 0 Å². The summed E-state index contributed by atoms with van der Waals surface area (Å²) in [6.07, 6.45) is 4.26. The predicted molar refractivity (Wildman–Crippen MR) is 80.0 cm³/mol. The fraction of sp³-hybridized carbons (Fsp3) is 0.611. The lowest BCUT2D eigenvalue weighted by Crippen LogP contribution is -2.31. The van der Waals surface area contributed by atoms with E-state index < -0.39 is 0 Å². The normalized spacial score (nSPS) is 33.1. The Morgan fingerprint density at radius 1 is 1.10 bits per heavy atom. The molecule has 108 valence electrons. The van der Waals surface area contributed by atoms with Crippen molar-refractivity contribution in [1.29, 1.82) is 0 Å². The van der Waals surface area contributed by atoms with Gasteiger partial charge in [-0.25, -0.2) is 0 Å². The lowest BCUT2D eigenvalue weighted by atomic mass is 9.71. The number of ketones is 1. The highest BCUT2D eigenvalue weighted by Crippen LogP contribution is 2.40. The van der Waals surface area contributed by atoms with E-state index in [2.05, 4.69) is 19.9 Å². The lowest BCUT2D eigenvalue weighted by molar-refractivity contribution is -0.127. The molecule has 3 atom stereocenters. The number of hydrogen-bond donors (Lipinski definition) is 0. The summed E-state index contributed by atoms with van der Waals surface area (Å²) >= 11 is 0. The maximum Gasteiger partial charge on any atom is 0.143 e. The van der Waals surface area contributed by atoms with Gasteiger partial charge in [0.15, 0.2) is 0 Å². The smallest absolute Gasteiger partial charge is 0.143 e. The van der Waals surface area contributed by atoms with Gasteiger partial charge in [0.2, 0.25) is 0 Å². The second kappa shape index (κ2) is 5.59. The van der Waals surface area contributed by atoms with Gasteiger partial charge in [0.05, 0.1) is 6.61 Å². The van der Waals surface area contributed by atoms with Crippen LogP contribution in [0.5, 0.6) is 5.75 Å². The Bertz CT molecular complexity index is 484. The molecular formula is C18H24O2. The number of benzene rings is 1. The summed E-state index contributed by atoms with van der Waals surface area (Å²) in [6.45, 7) is 5.24. The molecule has 0 amide bonds. The van der Waals surface area contributed by atoms with Crippen LogP contribution >= 0.6 is 0 Å². The highest BCUT2D eigenvalue weighted by Gasteiger charge is 2.35. The third-order valence-electron chi connectivity index (χ3n) is 4.88. The quantitative estimate of drug-likeness (QED) is 0.806. The number of hydrogen-bond acceptors (Lipinski definition) is 2. The number of carbonyl (C=O) groups is 1. The molecular weight excluding hydrogens is 248 g/mol. The Morgan fingerprint density at radius 2 is 1.80 bits per heavy atom. The molecule has 2 heteroatoms. The summed E-state index contributed by atoms with van der Waals surface area (Å²) in [4.78, 5) is 13.0. The van der Waals surface area contributed by atoms with Crippen molar-refractivity contribution in [2.24, 2.45) is 17.8 Å². The van der Waals surface area contributed by atoms with Crippen LogP contribution in [0.3, 0.4) is 0 Å². The van der Waals surface area contributed by atoms with Crippen molar-refractivity contribution in [1.82, 2.24) is 0 Å². The van der Waals surface area contributed by atoms with Gasteiger partial charge in [-0.3, -0.25) is 4.79 Å². The first-order valence-electron chi connectivity index (χ1n) is 7.90. The van der Waals surface area contributed by atoms with E-state index in [4.69, 9.17) is 4.74 Å². The van der Waals surface area contributed by atoms with Crippen molar-refractivity contribution in [3.8, 4) is 5.75 Å². The van der Waals surface area contributed by atoms with Crippen LogP contribution in [0, 0.1) is 17.8 Å². The first kappa shape index (κ1) is 13.7. The van der Waals surface area contributed by atoms with E-state index in [0.717, 1.165) is 30.6 Å². The topological polar surface area (TPSA) is 26.3 Å². The number of ether oxygens (including phenoxy) is 1. The Morgan fingerprint density at radius 3 is 2.55 bits per heavy atom. The highest BCUT2D eigenvalue weighted by molar-refractivity contribution is 5.88. The summed E-state index contributed by atoms with van der Waals surface area (Å²) in [5.41, 5.74) is 1.11. The molecule has 1 heterocycles. The first-order valence-corrected chi connectivity index (χ1v) is 7.90. The van der Waals surface area contributed by atoms with Gasteiger partial charge in [-0.05, 0) is 43.6 Å². The van der Waals surface area contributed by atoms with Gasteiger partial charge in [0.1, 0.15) is 11.5 Å². The molecule has 0 spiro atoms. The number of Topliss-reactive ketones (excluding diaryl/α,β-unsaturated/α-hetero) is 1. The van der Waals surface area contributed by atoms with E-state index in [1.807, 2.05) is 18.2 Å². The Labute approximate surface area is 121 Å². The Kier molecular flexibility index (Phi) is 3.82. The fourth-order valence-corrected chi connectivity index (χ4v) is 4.10. The number of carbonyl (C=O) groups excluding carboxylic acids is 1. The van der Waals surface area contributed by atoms with Crippen LogP contribution < -0.4 is 4.74 Å². The second-order valence-electron chi connectivity index (χ2n) is 6.74. The SMILES string of the molecule is CC1CC(C)CC(C(=O)C2CCOc3ccccc32)C1. The third kappa shape index (κ3) is 2.61. The molecule has 1 saturated carbocycles. The van der Waals surface area contributed by atoms with Crippen molar-refractivity contribution in [2.45, 2.75) is 45.4 Å². The molecule has 1 aliphatic carbocycles. The summed E-state index contributed by atoms with van der Waals surface area (Å²) in [7, 11) is 0. The fourth-order valence-electron chi connectivity index (χ4n) is 4.10. The summed E-state index contributed by atoms with van der Waals surface area (Å²) in [5, 5.41) is 0. The number of para-hydroxylation sites is 1. The molecule has 1 aliphatic heterocycles. The zero-order chi connectivity index (χ0) is 14.1. The van der Waals surface area contributed by atoms with Crippen LogP contribution in [0.1, 0.15) is 51.0 Å². The average Bonchev–Trinajstić information content (AvgIpc) is 2.45. The largest absolute Gasteiger partial charge is 0.493 e. The van der Waals surface area contributed by atoms with Gasteiger partial charge in [0.25, 0.3) is 0 Å². The maximum atomic E-state index is 13.0. The molecule has 0 radical (unpaired) electrons. The molecule has 2 aliphatic rings. The minimum absolute atomic E-state index is 0.0578. The van der Waals surface area contributed by atoms with E-state index in [-0.39, 0.29) is 11.8 Å². The molecule has 2 nitrogen and oxygen atoms in total. The van der Waals surface area contributed by atoms with Gasteiger partial charge >= 0.3 is 0 Å². The van der Waals surface area contributed by atoms with E-state index in [1.54, 1.807) is 0 Å². The molecule has 1 aromatic rings. The molecule has 0 saturated heterocycles. The monoisotopic (exact) mass is 272 g/mol. The summed E-state index contributed by atoms with van der Waals surface area (Å²) < 4.78 is 5.68. The van der Waals surface area contributed by atoms with Crippen LogP contribution in [-0.4, -0.2) is 12.4 Å². The van der Waals surface area contributed by atoms with E-state index >= 15 is 0 Å². The van der Waals surface area contributed by atoms with Crippen LogP contribution in [0.4, 0.5) is 0 Å². The van der Waals surface area contributed by atoms with E-state index in [0.29, 0.717) is 24.2 Å². The van der Waals surface area contributed by atoms with Crippen LogP contribution in [0.2, 0.25) is 0 Å². The molecule has 20 heavy (non-hydrogen) atoms. The van der Waals surface area contributed by atoms with E-state index in [9.17, 15) is 4.79 Å². The molecule has 1 fully saturated rings. The maximum absolute atomic E-state index is 13.0. The first-order chi connectivity index (χ1) is 9.65. The standard InChI is InChI=1S/C18H24O2/c1-12-9-13(2)11-14(10-12)18(19)16-7-8-20-17-6-4-3-5-15(16)17/h3-6,12-14,16H,7-11H2,1-2H3. The molecule has 0 aromatic heterocycles. The van der Waals surface area contributed by atoms with Crippen molar-refractivity contribution >= 4 is 5.78 Å². The molecule has 0 bridgehead atoms. The zero-order valence-electron chi connectivity index (χ0n) is 12.5. The van der Waals surface area contributed by atoms with Crippen LogP contribution in [-0.2, 0) is 4.79 Å². The van der Waals surface area contributed by atoms with Gasteiger partial charge in [0, 0.05) is 17.4 Å². The van der Waals surface area contributed by atoms with Crippen molar-refractivity contribution in [3.05, 3.63) is 29.8 Å². The molecule has 3 unspecified atom stereocenters. The van der Waals surface area contributed by atoms with Crippen molar-refractivity contribution in [3.63, 3.8) is 0 Å². The van der Waals surface area contributed by atoms with Gasteiger partial charge in [-0.15, -0.1) is 0 Å². The minimum Gasteiger partial charge on any atom is -0.493 e. The Balaban J connectivity index is 1.81. The van der Waals surface area contributed by atoms with E-state index in [1.165, 1.54) is 6.42 Å². The molecule has 3 rings (SSSR count). The third-order valence-corrected chi connectivity index (χ3v) is 4.88. The summed E-state index contributed by atoms with van der Waals surface area (Å²) in [5.74, 6) is 3.05. The number of rotatable bonds is 2. The average molecular weight is 272 g/mol. The zero-order valence-corrected chi connectivity index (χ0v) is 12.5. The molecule has 1 aromatic carbocycles. The number of fused-ring (bicyclic) bond motifs is 1. The highest BCUT2D eigenvalue weighted by atomic mass is 16.5. The van der Waals surface area contributed by atoms with Gasteiger partial charge in [-0.2, -0.15) is 0 Å². The second-order valence-corrected chi connectivity index (χ2v) is 6.74. The lowest BCUT2D eigenvalue weighted by Gasteiger charge is -2.34. The molecule has 0 N–H and O–H groups in total. The minimum atomic E-state index is 0.0578. The van der Waals surface area contributed by atoms with Gasteiger partial charge in [-0.1, -0.05) is 32.0 Å². The summed E-state index contributed by atoms with van der Waals surface area (Å²) in [6, 6.07) is 8.05. The Hall–Kier alpha value is -1.31. The van der Waals surface area contributed by atoms with Crippen molar-refractivity contribution < 1.29 is 9.53 Å². The van der Waals surface area contributed by atoms with Crippen molar-refractivity contribution in [2.75, 3.05) is 6.61 Å². The van der Waals surface area contributed by atoms with Crippen LogP contribution in [0.15, 0.2) is 24.3 Å². The van der Waals surface area contributed by atoms with Gasteiger partial charge < -0.3 is 4.74 Å².